The maximum Gasteiger partial charge on any atom is 0.573 e. The number of rotatable bonds is 3. The third kappa shape index (κ3) is 4.23. The van der Waals surface area contributed by atoms with Crippen molar-refractivity contribution in [2.75, 3.05) is 5.32 Å². The van der Waals surface area contributed by atoms with Crippen molar-refractivity contribution in [2.24, 2.45) is 0 Å². The molecule has 1 N–H and O–H groups in total. The molecule has 0 aliphatic heterocycles. The van der Waals surface area contributed by atoms with E-state index in [4.69, 9.17) is 23.2 Å². The molecule has 21 heavy (non-hydrogen) atoms. The van der Waals surface area contributed by atoms with Crippen LogP contribution in [0.5, 0.6) is 5.75 Å². The number of ether oxygens (including phenoxy) is 1. The lowest BCUT2D eigenvalue weighted by Crippen LogP contribution is -2.17. The number of benzene rings is 1. The highest BCUT2D eigenvalue weighted by Crippen LogP contribution is 2.30. The predicted molar refractivity (Wildman–Crippen MR) is 73.2 cm³/mol. The molecule has 0 unspecified atom stereocenters. The summed E-state index contributed by atoms with van der Waals surface area (Å²) in [6.07, 6.45) is -4.77. The second-order valence-electron chi connectivity index (χ2n) is 3.65. The molecule has 0 aliphatic rings. The van der Waals surface area contributed by atoms with Gasteiger partial charge in [-0.05, 0) is 35.8 Å². The summed E-state index contributed by atoms with van der Waals surface area (Å²) < 4.78 is 43.6. The lowest BCUT2D eigenvalue weighted by atomic mass is 10.3. The van der Waals surface area contributed by atoms with Crippen LogP contribution >= 0.6 is 34.7 Å². The first kappa shape index (κ1) is 15.9. The number of hydrogen-bond acceptors (Lipinski definition) is 4. The molecular formula is C11H5Cl2F3N2O2S. The number of anilines is 1. The minimum atomic E-state index is -4.77. The lowest BCUT2D eigenvalue weighted by Gasteiger charge is -2.09. The Kier molecular flexibility index (Phi) is 4.60. The summed E-state index contributed by atoms with van der Waals surface area (Å²) in [6.45, 7) is 0. The first-order valence-electron chi connectivity index (χ1n) is 5.24. The van der Waals surface area contributed by atoms with Gasteiger partial charge in [-0.3, -0.25) is 4.79 Å². The molecular weight excluding hydrogens is 352 g/mol. The number of carbonyl (C=O) groups is 1. The average Bonchev–Trinajstić information content (AvgIpc) is 2.71. The van der Waals surface area contributed by atoms with Crippen molar-refractivity contribution in [1.29, 1.82) is 0 Å². The van der Waals surface area contributed by atoms with E-state index in [2.05, 4.69) is 14.4 Å². The van der Waals surface area contributed by atoms with Crippen molar-refractivity contribution in [3.63, 3.8) is 0 Å². The molecule has 1 aromatic carbocycles. The standard InChI is InChI=1S/C11H5Cl2F3N2O2S/c12-7-8(18-21-9(7)13)10(19)17-5-1-3-6(4-2-5)20-11(14,15)16/h1-4H,(H,17,19). The number of halogens is 5. The molecule has 1 amide bonds. The Morgan fingerprint density at radius 2 is 1.86 bits per heavy atom. The highest BCUT2D eigenvalue weighted by atomic mass is 35.5. The fraction of sp³-hybridized carbons (Fsp3) is 0.0909. The van der Waals surface area contributed by atoms with Crippen LogP contribution in [0.2, 0.25) is 9.36 Å². The fourth-order valence-electron chi connectivity index (χ4n) is 1.33. The Bertz CT molecular complexity index is 658. The maximum absolute atomic E-state index is 12.0. The van der Waals surface area contributed by atoms with Gasteiger partial charge in [-0.1, -0.05) is 23.2 Å². The molecule has 0 bridgehead atoms. The molecule has 0 saturated heterocycles. The van der Waals surface area contributed by atoms with Gasteiger partial charge < -0.3 is 10.1 Å². The summed E-state index contributed by atoms with van der Waals surface area (Å²) >= 11 is 12.3. The molecule has 0 saturated carbocycles. The SMILES string of the molecule is O=C(Nc1ccc(OC(F)(F)F)cc1)c1nsc(Cl)c1Cl. The molecule has 1 heterocycles. The van der Waals surface area contributed by atoms with Crippen LogP contribution in [0.3, 0.4) is 0 Å². The molecule has 112 valence electrons. The number of alkyl halides is 3. The molecule has 4 nitrogen and oxygen atoms in total. The minimum absolute atomic E-state index is 0.0243. The number of carbonyl (C=O) groups excluding carboxylic acids is 1. The third-order valence-electron chi connectivity index (χ3n) is 2.16. The van der Waals surface area contributed by atoms with Crippen LogP contribution in [0.25, 0.3) is 0 Å². The molecule has 0 atom stereocenters. The lowest BCUT2D eigenvalue weighted by molar-refractivity contribution is -0.274. The molecule has 0 aliphatic carbocycles. The predicted octanol–water partition coefficient (Wildman–Crippen LogP) is 4.60. The quantitative estimate of drug-likeness (QED) is 0.874. The first-order valence-corrected chi connectivity index (χ1v) is 6.77. The maximum atomic E-state index is 12.0. The van der Waals surface area contributed by atoms with E-state index in [1.54, 1.807) is 0 Å². The van der Waals surface area contributed by atoms with Crippen LogP contribution < -0.4 is 10.1 Å². The van der Waals surface area contributed by atoms with Gasteiger partial charge in [0.2, 0.25) is 0 Å². The Labute approximate surface area is 130 Å². The normalized spacial score (nSPS) is 11.3. The molecule has 2 aromatic rings. The number of aromatic nitrogens is 1. The van der Waals surface area contributed by atoms with Crippen molar-refractivity contribution in [2.45, 2.75) is 6.36 Å². The number of nitrogens with one attached hydrogen (secondary N) is 1. The van der Waals surface area contributed by atoms with Gasteiger partial charge in [0.15, 0.2) is 5.69 Å². The van der Waals surface area contributed by atoms with Crippen LogP contribution in [0.15, 0.2) is 24.3 Å². The average molecular weight is 357 g/mol. The minimum Gasteiger partial charge on any atom is -0.406 e. The van der Waals surface area contributed by atoms with E-state index in [0.717, 1.165) is 23.7 Å². The van der Waals surface area contributed by atoms with Gasteiger partial charge in [-0.2, -0.15) is 4.37 Å². The zero-order valence-corrected chi connectivity index (χ0v) is 12.2. The van der Waals surface area contributed by atoms with Crippen LogP contribution in [0.1, 0.15) is 10.5 Å². The van der Waals surface area contributed by atoms with Crippen molar-refractivity contribution in [3.05, 3.63) is 39.3 Å². The molecule has 2 rings (SSSR count). The smallest absolute Gasteiger partial charge is 0.406 e. The molecule has 0 spiro atoms. The van der Waals surface area contributed by atoms with Gasteiger partial charge in [0.05, 0.1) is 0 Å². The number of hydrogen-bond donors (Lipinski definition) is 1. The van der Waals surface area contributed by atoms with E-state index in [1.165, 1.54) is 12.1 Å². The summed E-state index contributed by atoms with van der Waals surface area (Å²) in [6, 6.07) is 4.64. The third-order valence-corrected chi connectivity index (χ3v) is 3.77. The Balaban J connectivity index is 2.07. The second-order valence-corrected chi connectivity index (χ2v) is 5.40. The molecule has 0 fully saturated rings. The van der Waals surface area contributed by atoms with Crippen LogP contribution in [-0.4, -0.2) is 16.6 Å². The first-order chi connectivity index (χ1) is 9.76. The second kappa shape index (κ2) is 6.08. The van der Waals surface area contributed by atoms with Crippen molar-refractivity contribution < 1.29 is 22.7 Å². The van der Waals surface area contributed by atoms with Crippen LogP contribution in [0.4, 0.5) is 18.9 Å². The summed E-state index contributed by atoms with van der Waals surface area (Å²) in [4.78, 5) is 11.8. The zero-order valence-electron chi connectivity index (χ0n) is 9.87. The van der Waals surface area contributed by atoms with Gasteiger partial charge in [-0.25, -0.2) is 0 Å². The van der Waals surface area contributed by atoms with Gasteiger partial charge >= 0.3 is 6.36 Å². The summed E-state index contributed by atoms with van der Waals surface area (Å²) in [5.74, 6) is -1.01. The van der Waals surface area contributed by atoms with Crippen LogP contribution in [0, 0.1) is 0 Å². The van der Waals surface area contributed by atoms with Gasteiger partial charge in [-0.15, -0.1) is 13.2 Å². The number of amides is 1. The molecule has 0 radical (unpaired) electrons. The van der Waals surface area contributed by atoms with Crippen molar-refractivity contribution >= 4 is 46.3 Å². The fourth-order valence-corrected chi connectivity index (χ4v) is 2.33. The van der Waals surface area contributed by atoms with E-state index in [1.807, 2.05) is 0 Å². The topological polar surface area (TPSA) is 51.2 Å². The zero-order chi connectivity index (χ0) is 15.6. The van der Waals surface area contributed by atoms with Gasteiger partial charge in [0.25, 0.3) is 5.91 Å². The van der Waals surface area contributed by atoms with E-state index in [-0.39, 0.29) is 20.7 Å². The highest BCUT2D eigenvalue weighted by molar-refractivity contribution is 7.11. The molecule has 1 aromatic heterocycles. The molecule has 10 heteroatoms. The van der Waals surface area contributed by atoms with Crippen LogP contribution in [-0.2, 0) is 0 Å². The Morgan fingerprint density at radius 1 is 1.24 bits per heavy atom. The summed E-state index contributed by atoms with van der Waals surface area (Å²) in [7, 11) is 0. The van der Waals surface area contributed by atoms with Crippen molar-refractivity contribution in [3.8, 4) is 5.75 Å². The van der Waals surface area contributed by atoms with E-state index >= 15 is 0 Å². The Morgan fingerprint density at radius 3 is 2.33 bits per heavy atom. The summed E-state index contributed by atoms with van der Waals surface area (Å²) in [5.41, 5.74) is 0.206. The number of nitrogens with zero attached hydrogens (tertiary/aromatic N) is 1. The van der Waals surface area contributed by atoms with Crippen molar-refractivity contribution in [1.82, 2.24) is 4.37 Å². The van der Waals surface area contributed by atoms with E-state index in [9.17, 15) is 18.0 Å². The Hall–Kier alpha value is -1.51. The van der Waals surface area contributed by atoms with Gasteiger partial charge in [0.1, 0.15) is 15.1 Å². The summed E-state index contributed by atoms with van der Waals surface area (Å²) in [5, 5.41) is 2.45. The van der Waals surface area contributed by atoms with Gasteiger partial charge in [0, 0.05) is 5.69 Å². The monoisotopic (exact) mass is 356 g/mol. The van der Waals surface area contributed by atoms with E-state index in [0.29, 0.717) is 0 Å². The highest BCUT2D eigenvalue weighted by Gasteiger charge is 2.31. The largest absolute Gasteiger partial charge is 0.573 e. The van der Waals surface area contributed by atoms with E-state index < -0.39 is 18.0 Å².